The van der Waals surface area contributed by atoms with Crippen molar-refractivity contribution in [3.8, 4) is 11.5 Å². The molecule has 0 N–H and O–H groups in total. The molecule has 0 unspecified atom stereocenters. The monoisotopic (exact) mass is 435 g/mol. The van der Waals surface area contributed by atoms with Crippen LogP contribution in [0, 0.1) is 0 Å². The lowest BCUT2D eigenvalue weighted by molar-refractivity contribution is 0.00578. The van der Waals surface area contributed by atoms with E-state index in [1.807, 2.05) is 18.2 Å². The molecule has 2 aliphatic heterocycles. The highest BCUT2D eigenvalue weighted by Crippen LogP contribution is 2.52. The molecule has 6 rings (SSSR count). The SMILES string of the molecule is CC1(C)OB(c2ccc3c(c2)N(c2ccccc2)c2c(ccc4ccccc24)O3)OC1(C)C. The average Bonchev–Trinajstić information content (AvgIpc) is 3.04. The van der Waals surface area contributed by atoms with Crippen molar-refractivity contribution in [1.29, 1.82) is 0 Å². The molecule has 4 nitrogen and oxygen atoms in total. The van der Waals surface area contributed by atoms with Crippen molar-refractivity contribution in [3.05, 3.63) is 84.9 Å². The number of hydrogen-bond donors (Lipinski definition) is 0. The number of anilines is 3. The summed E-state index contributed by atoms with van der Waals surface area (Å²) >= 11 is 0. The average molecular weight is 435 g/mol. The molecule has 4 aromatic carbocycles. The molecule has 0 saturated carbocycles. The fourth-order valence-corrected chi connectivity index (χ4v) is 4.55. The standard InChI is InChI=1S/C28H26BNO3/c1-27(2)28(3,4)33-29(32-27)20-15-17-24-23(18-20)30(21-11-6-5-7-12-21)26-22-13-9-8-10-19(22)14-16-25(26)31-24/h5-18H,1-4H3. The molecule has 0 aliphatic carbocycles. The van der Waals surface area contributed by atoms with Crippen LogP contribution in [0.25, 0.3) is 10.8 Å². The zero-order valence-corrected chi connectivity index (χ0v) is 19.3. The van der Waals surface area contributed by atoms with E-state index in [0.717, 1.165) is 39.4 Å². The molecule has 164 valence electrons. The molecule has 2 aliphatic rings. The first kappa shape index (κ1) is 20.3. The van der Waals surface area contributed by atoms with Crippen LogP contribution in [0.15, 0.2) is 84.9 Å². The molecular weight excluding hydrogens is 409 g/mol. The lowest BCUT2D eigenvalue weighted by Gasteiger charge is -2.34. The molecule has 0 bridgehead atoms. The molecule has 5 heteroatoms. The highest BCUT2D eigenvalue weighted by molar-refractivity contribution is 6.62. The van der Waals surface area contributed by atoms with Crippen LogP contribution in [0.5, 0.6) is 11.5 Å². The quantitative estimate of drug-likeness (QED) is 0.288. The largest absolute Gasteiger partial charge is 0.494 e. The van der Waals surface area contributed by atoms with E-state index in [-0.39, 0.29) is 0 Å². The molecule has 4 aromatic rings. The predicted molar refractivity (Wildman–Crippen MR) is 134 cm³/mol. The number of ether oxygens (including phenoxy) is 1. The maximum Gasteiger partial charge on any atom is 0.494 e. The second-order valence-electron chi connectivity index (χ2n) is 9.72. The van der Waals surface area contributed by atoms with Crippen molar-refractivity contribution in [2.45, 2.75) is 38.9 Å². The fourth-order valence-electron chi connectivity index (χ4n) is 4.55. The number of para-hydroxylation sites is 1. The Morgan fingerprint density at radius 2 is 1.36 bits per heavy atom. The first-order chi connectivity index (χ1) is 15.8. The van der Waals surface area contributed by atoms with Gasteiger partial charge in [0.2, 0.25) is 0 Å². The van der Waals surface area contributed by atoms with Crippen molar-refractivity contribution in [2.75, 3.05) is 4.90 Å². The second kappa shape index (κ2) is 7.11. The van der Waals surface area contributed by atoms with Gasteiger partial charge in [-0.2, -0.15) is 0 Å². The van der Waals surface area contributed by atoms with E-state index >= 15 is 0 Å². The summed E-state index contributed by atoms with van der Waals surface area (Å²) in [6.07, 6.45) is 0. The summed E-state index contributed by atoms with van der Waals surface area (Å²) < 4.78 is 19.1. The minimum Gasteiger partial charge on any atom is -0.453 e. The molecule has 0 atom stereocenters. The van der Waals surface area contributed by atoms with Gasteiger partial charge in [0.05, 0.1) is 22.6 Å². The highest BCUT2D eigenvalue weighted by atomic mass is 16.7. The molecule has 1 saturated heterocycles. The lowest BCUT2D eigenvalue weighted by Crippen LogP contribution is -2.41. The van der Waals surface area contributed by atoms with Gasteiger partial charge in [-0.05, 0) is 68.9 Å². The normalized spacial score (nSPS) is 18.1. The zero-order valence-electron chi connectivity index (χ0n) is 19.3. The van der Waals surface area contributed by atoms with Crippen LogP contribution in [0.2, 0.25) is 0 Å². The Morgan fingerprint density at radius 3 is 2.12 bits per heavy atom. The van der Waals surface area contributed by atoms with Crippen LogP contribution in [0.1, 0.15) is 27.7 Å². The van der Waals surface area contributed by atoms with Crippen LogP contribution in [-0.2, 0) is 9.31 Å². The van der Waals surface area contributed by atoms with Crippen LogP contribution >= 0.6 is 0 Å². The van der Waals surface area contributed by atoms with Crippen molar-refractivity contribution < 1.29 is 14.0 Å². The Labute approximate surface area is 194 Å². The van der Waals surface area contributed by atoms with E-state index in [0.29, 0.717) is 0 Å². The van der Waals surface area contributed by atoms with Crippen molar-refractivity contribution in [2.24, 2.45) is 0 Å². The maximum absolute atomic E-state index is 6.41. The van der Waals surface area contributed by atoms with Crippen LogP contribution in [0.3, 0.4) is 0 Å². The van der Waals surface area contributed by atoms with Crippen molar-refractivity contribution in [3.63, 3.8) is 0 Å². The van der Waals surface area contributed by atoms with E-state index < -0.39 is 18.3 Å². The minimum absolute atomic E-state index is 0.397. The van der Waals surface area contributed by atoms with Crippen LogP contribution in [0.4, 0.5) is 17.1 Å². The van der Waals surface area contributed by atoms with E-state index in [1.165, 1.54) is 5.39 Å². The van der Waals surface area contributed by atoms with Crippen molar-refractivity contribution in [1.82, 2.24) is 0 Å². The first-order valence-corrected chi connectivity index (χ1v) is 11.4. The molecule has 2 heterocycles. The first-order valence-electron chi connectivity index (χ1n) is 11.4. The molecule has 0 amide bonds. The summed E-state index contributed by atoms with van der Waals surface area (Å²) in [6, 6.07) is 29.2. The number of benzene rings is 4. The molecule has 0 radical (unpaired) electrons. The van der Waals surface area contributed by atoms with Gasteiger partial charge >= 0.3 is 7.12 Å². The van der Waals surface area contributed by atoms with Gasteiger partial charge in [-0.3, -0.25) is 0 Å². The highest BCUT2D eigenvalue weighted by Gasteiger charge is 2.52. The Hall–Kier alpha value is -3.28. The van der Waals surface area contributed by atoms with Crippen LogP contribution < -0.4 is 15.1 Å². The second-order valence-corrected chi connectivity index (χ2v) is 9.72. The van der Waals surface area contributed by atoms with Gasteiger partial charge in [0, 0.05) is 11.1 Å². The molecule has 0 spiro atoms. The van der Waals surface area contributed by atoms with E-state index in [1.54, 1.807) is 0 Å². The van der Waals surface area contributed by atoms with E-state index in [9.17, 15) is 0 Å². The van der Waals surface area contributed by atoms with Gasteiger partial charge in [0.25, 0.3) is 0 Å². The molecule has 0 aromatic heterocycles. The number of nitrogens with zero attached hydrogens (tertiary/aromatic N) is 1. The van der Waals surface area contributed by atoms with Gasteiger partial charge in [-0.15, -0.1) is 0 Å². The summed E-state index contributed by atoms with van der Waals surface area (Å²) in [5, 5.41) is 2.32. The Bertz CT molecular complexity index is 1350. The lowest BCUT2D eigenvalue weighted by atomic mass is 9.78. The third-order valence-electron chi connectivity index (χ3n) is 7.07. The van der Waals surface area contributed by atoms with Crippen LogP contribution in [-0.4, -0.2) is 18.3 Å². The van der Waals surface area contributed by atoms with Crippen molar-refractivity contribution >= 4 is 40.4 Å². The van der Waals surface area contributed by atoms with Gasteiger partial charge in [-0.25, -0.2) is 0 Å². The van der Waals surface area contributed by atoms with E-state index in [4.69, 9.17) is 14.0 Å². The third-order valence-corrected chi connectivity index (χ3v) is 7.07. The Balaban J connectivity index is 1.54. The molecule has 33 heavy (non-hydrogen) atoms. The Kier molecular flexibility index (Phi) is 4.38. The summed E-state index contributed by atoms with van der Waals surface area (Å²) in [6.45, 7) is 8.31. The third kappa shape index (κ3) is 3.15. The number of fused-ring (bicyclic) bond motifs is 4. The summed E-state index contributed by atoms with van der Waals surface area (Å²) in [4.78, 5) is 2.28. The summed E-state index contributed by atoms with van der Waals surface area (Å²) in [5.41, 5.74) is 3.26. The summed E-state index contributed by atoms with van der Waals surface area (Å²) in [7, 11) is -0.438. The molecular formula is C28H26BNO3. The van der Waals surface area contributed by atoms with Gasteiger partial charge < -0.3 is 18.9 Å². The Morgan fingerprint density at radius 1 is 0.697 bits per heavy atom. The summed E-state index contributed by atoms with van der Waals surface area (Å²) in [5.74, 6) is 1.65. The predicted octanol–water partition coefficient (Wildman–Crippen LogP) is 6.71. The smallest absolute Gasteiger partial charge is 0.453 e. The van der Waals surface area contributed by atoms with E-state index in [2.05, 4.69) is 99.3 Å². The van der Waals surface area contributed by atoms with Gasteiger partial charge in [0.15, 0.2) is 11.5 Å². The molecule has 1 fully saturated rings. The number of rotatable bonds is 2. The number of hydrogen-bond acceptors (Lipinski definition) is 4. The maximum atomic E-state index is 6.41. The fraction of sp³-hybridized carbons (Fsp3) is 0.214. The zero-order chi connectivity index (χ0) is 22.8. The van der Waals surface area contributed by atoms with Gasteiger partial charge in [0.1, 0.15) is 0 Å². The van der Waals surface area contributed by atoms with Gasteiger partial charge in [-0.1, -0.05) is 54.6 Å². The topological polar surface area (TPSA) is 30.9 Å². The minimum atomic E-state index is -0.438.